The lowest BCUT2D eigenvalue weighted by atomic mass is 9.77. The normalized spacial score (nSPS) is 23.1. The quantitative estimate of drug-likeness (QED) is 0.584. The van der Waals surface area contributed by atoms with Crippen molar-refractivity contribution in [3.05, 3.63) is 62.3 Å². The summed E-state index contributed by atoms with van der Waals surface area (Å²) in [4.78, 5) is 36.7. The second kappa shape index (κ2) is 8.56. The first-order chi connectivity index (χ1) is 15.1. The minimum absolute atomic E-state index is 0.00922. The Balaban J connectivity index is 1.55. The molecule has 0 bridgehead atoms. The number of aliphatic imine (C=N–C) groups is 1. The summed E-state index contributed by atoms with van der Waals surface area (Å²) in [5.74, 6) is -1.07. The summed E-state index contributed by atoms with van der Waals surface area (Å²) in [6, 6.07) is 6.61. The Kier molecular flexibility index (Phi) is 6.12. The molecule has 2 aliphatic rings. The molecular formula is C20H15Br2F3N4O3. The van der Waals surface area contributed by atoms with Crippen LogP contribution in [0.2, 0.25) is 0 Å². The largest absolute Gasteiger partial charge is 0.400 e. The van der Waals surface area contributed by atoms with Crippen LogP contribution in [0.4, 0.5) is 13.2 Å². The monoisotopic (exact) mass is 574 g/mol. The Bertz CT molecular complexity index is 1090. The molecule has 3 heterocycles. The van der Waals surface area contributed by atoms with E-state index < -0.39 is 36.0 Å². The third-order valence-electron chi connectivity index (χ3n) is 5.34. The molecule has 2 N–H and O–H groups in total. The van der Waals surface area contributed by atoms with Crippen LogP contribution in [0.3, 0.4) is 0 Å². The Hall–Kier alpha value is -2.31. The van der Waals surface area contributed by atoms with E-state index in [9.17, 15) is 22.8 Å². The van der Waals surface area contributed by atoms with Gasteiger partial charge in [0.15, 0.2) is 0 Å². The number of pyridine rings is 1. The van der Waals surface area contributed by atoms with Gasteiger partial charge in [0.25, 0.3) is 11.8 Å². The summed E-state index contributed by atoms with van der Waals surface area (Å²) >= 11 is 6.50. The fraction of sp³-hybridized carbons (Fsp3) is 0.300. The van der Waals surface area contributed by atoms with Gasteiger partial charge in [-0.1, -0.05) is 31.9 Å². The first-order valence-electron chi connectivity index (χ1n) is 9.35. The predicted octanol–water partition coefficient (Wildman–Crippen LogP) is 3.46. The number of carbonyl (C=O) groups excluding carboxylic acids is 2. The highest BCUT2D eigenvalue weighted by Crippen LogP contribution is 2.48. The molecule has 1 aromatic heterocycles. The van der Waals surface area contributed by atoms with E-state index in [1.165, 1.54) is 30.5 Å². The van der Waals surface area contributed by atoms with Crippen molar-refractivity contribution in [1.82, 2.24) is 15.8 Å². The summed E-state index contributed by atoms with van der Waals surface area (Å²) < 4.78 is 43.8. The van der Waals surface area contributed by atoms with Crippen molar-refractivity contribution in [3.63, 3.8) is 0 Å². The van der Waals surface area contributed by atoms with Gasteiger partial charge in [0.05, 0.1) is 6.54 Å². The van der Waals surface area contributed by atoms with Crippen LogP contribution in [-0.2, 0) is 15.0 Å². The Morgan fingerprint density at radius 2 is 1.94 bits per heavy atom. The van der Waals surface area contributed by atoms with Gasteiger partial charge in [-0.25, -0.2) is 5.48 Å². The molecule has 4 rings (SSSR count). The molecule has 2 atom stereocenters. The molecule has 2 aromatic rings. The van der Waals surface area contributed by atoms with Crippen molar-refractivity contribution in [2.75, 3.05) is 13.2 Å². The van der Waals surface area contributed by atoms with E-state index >= 15 is 0 Å². The minimum Gasteiger partial charge on any atom is -0.337 e. The van der Waals surface area contributed by atoms with Crippen molar-refractivity contribution in [2.45, 2.75) is 24.1 Å². The van der Waals surface area contributed by atoms with Crippen LogP contribution in [-0.4, -0.2) is 47.9 Å². The summed E-state index contributed by atoms with van der Waals surface area (Å²) in [5.41, 5.74) is 0.724. The molecule has 2 aliphatic heterocycles. The van der Waals surface area contributed by atoms with Crippen molar-refractivity contribution in [3.8, 4) is 0 Å². The number of hydroxylamine groups is 1. The van der Waals surface area contributed by atoms with Gasteiger partial charge in [0.1, 0.15) is 23.8 Å². The van der Waals surface area contributed by atoms with Crippen LogP contribution in [0.1, 0.15) is 28.0 Å². The van der Waals surface area contributed by atoms with Gasteiger partial charge in [-0.05, 0) is 35.9 Å². The maximum absolute atomic E-state index is 14.2. The van der Waals surface area contributed by atoms with E-state index in [1.807, 2.05) is 0 Å². The number of benzene rings is 1. The maximum atomic E-state index is 14.2. The molecule has 7 nitrogen and oxygen atoms in total. The van der Waals surface area contributed by atoms with Crippen LogP contribution < -0.4 is 10.8 Å². The lowest BCUT2D eigenvalue weighted by Crippen LogP contribution is -2.43. The molecule has 0 radical (unpaired) electrons. The van der Waals surface area contributed by atoms with Gasteiger partial charge in [-0.2, -0.15) is 13.2 Å². The Morgan fingerprint density at radius 1 is 1.22 bits per heavy atom. The number of aromatic nitrogens is 1. The molecule has 32 heavy (non-hydrogen) atoms. The smallest absolute Gasteiger partial charge is 0.337 e. The van der Waals surface area contributed by atoms with E-state index in [4.69, 9.17) is 4.84 Å². The van der Waals surface area contributed by atoms with Gasteiger partial charge in [-0.15, -0.1) is 0 Å². The first kappa shape index (κ1) is 22.9. The molecular weight excluding hydrogens is 561 g/mol. The molecule has 1 aromatic carbocycles. The number of amides is 2. The molecule has 1 fully saturated rings. The fourth-order valence-corrected chi connectivity index (χ4v) is 4.87. The molecule has 0 spiro atoms. The average molecular weight is 576 g/mol. The fourth-order valence-electron chi connectivity index (χ4n) is 3.58. The van der Waals surface area contributed by atoms with E-state index in [0.717, 1.165) is 0 Å². The SMILES string of the molecule is O=C(NC1CONC1=O)c1ccc(C2=NCC(c3cc(Br)cc(Br)c3)(C(F)(F)F)C2)cn1. The molecule has 2 amide bonds. The predicted molar refractivity (Wildman–Crippen MR) is 115 cm³/mol. The van der Waals surface area contributed by atoms with Gasteiger partial charge in [0.2, 0.25) is 0 Å². The molecule has 0 saturated carbocycles. The van der Waals surface area contributed by atoms with E-state index in [1.54, 1.807) is 6.07 Å². The van der Waals surface area contributed by atoms with Crippen LogP contribution in [0, 0.1) is 0 Å². The lowest BCUT2D eigenvalue weighted by molar-refractivity contribution is -0.183. The molecule has 168 valence electrons. The van der Waals surface area contributed by atoms with Crippen LogP contribution >= 0.6 is 31.9 Å². The number of halogens is 5. The Labute approximate surface area is 197 Å². The zero-order chi connectivity index (χ0) is 23.1. The Morgan fingerprint density at radius 3 is 2.50 bits per heavy atom. The highest BCUT2D eigenvalue weighted by Gasteiger charge is 2.58. The number of hydrogen-bond donors (Lipinski definition) is 2. The van der Waals surface area contributed by atoms with Crippen molar-refractivity contribution in [1.29, 1.82) is 0 Å². The standard InChI is InChI=1S/C20H15Br2F3N4O3/c21-12-3-11(4-13(22)5-12)19(20(23,24)25)6-15(27-9-19)10-1-2-14(26-7-10)17(30)28-16-8-32-29-18(16)31/h1-5,7,16H,6,8-9H2,(H,28,30)(H,29,31). The summed E-state index contributed by atoms with van der Waals surface area (Å²) in [6.45, 7) is -0.460. The molecule has 1 saturated heterocycles. The highest BCUT2D eigenvalue weighted by molar-refractivity contribution is 9.11. The van der Waals surface area contributed by atoms with Crippen LogP contribution in [0.25, 0.3) is 0 Å². The van der Waals surface area contributed by atoms with Crippen LogP contribution in [0.5, 0.6) is 0 Å². The second-order valence-corrected chi connectivity index (χ2v) is 9.24. The minimum atomic E-state index is -4.53. The number of hydrogen-bond acceptors (Lipinski definition) is 5. The number of rotatable bonds is 4. The third-order valence-corrected chi connectivity index (χ3v) is 6.26. The summed E-state index contributed by atoms with van der Waals surface area (Å²) in [7, 11) is 0. The van der Waals surface area contributed by atoms with Gasteiger partial charge in [-0.3, -0.25) is 24.4 Å². The van der Waals surface area contributed by atoms with E-state index in [2.05, 4.69) is 52.6 Å². The summed E-state index contributed by atoms with van der Waals surface area (Å²) in [5, 5.41) is 2.47. The average Bonchev–Trinajstić information content (AvgIpc) is 3.35. The van der Waals surface area contributed by atoms with Gasteiger partial charge < -0.3 is 5.32 Å². The van der Waals surface area contributed by atoms with Crippen molar-refractivity contribution < 1.29 is 27.6 Å². The van der Waals surface area contributed by atoms with Crippen molar-refractivity contribution in [2.24, 2.45) is 4.99 Å². The van der Waals surface area contributed by atoms with E-state index in [0.29, 0.717) is 14.5 Å². The summed E-state index contributed by atoms with van der Waals surface area (Å²) in [6.07, 6.45) is -3.58. The second-order valence-electron chi connectivity index (χ2n) is 7.41. The van der Waals surface area contributed by atoms with Gasteiger partial charge in [0, 0.05) is 32.8 Å². The number of carbonyl (C=O) groups is 2. The third kappa shape index (κ3) is 4.30. The van der Waals surface area contributed by atoms with Crippen LogP contribution in [0.15, 0.2) is 50.5 Å². The lowest BCUT2D eigenvalue weighted by Gasteiger charge is -2.31. The van der Waals surface area contributed by atoms with E-state index in [-0.39, 0.29) is 30.0 Å². The van der Waals surface area contributed by atoms with Crippen molar-refractivity contribution >= 4 is 49.4 Å². The number of nitrogens with one attached hydrogen (secondary N) is 2. The molecule has 12 heteroatoms. The highest BCUT2D eigenvalue weighted by atomic mass is 79.9. The molecule has 2 unspecified atom stereocenters. The maximum Gasteiger partial charge on any atom is 0.400 e. The zero-order valence-electron chi connectivity index (χ0n) is 16.2. The molecule has 0 aliphatic carbocycles. The topological polar surface area (TPSA) is 92.7 Å². The number of nitrogens with zero attached hydrogens (tertiary/aromatic N) is 2. The first-order valence-corrected chi connectivity index (χ1v) is 10.9. The zero-order valence-corrected chi connectivity index (χ0v) is 19.3. The number of alkyl halides is 3. The van der Waals surface area contributed by atoms with Gasteiger partial charge >= 0.3 is 6.18 Å².